The van der Waals surface area contributed by atoms with Crippen molar-refractivity contribution in [2.24, 2.45) is 0 Å². The van der Waals surface area contributed by atoms with Gasteiger partial charge in [0.2, 0.25) is 0 Å². The largest absolute Gasteiger partial charge is 0.462 e. The number of hydrogen-bond acceptors (Lipinski definition) is 6. The lowest BCUT2D eigenvalue weighted by Crippen LogP contribution is -2.30. The SMILES string of the molecule is CC/C=C\C/C=C\C/C=C\C/C=C\C/C=C\C/C=C\C/C=C\CCCC(=O)OC(COC(=O)CCCCCCC/C=C\CCC)COC(=O)CCCCCCCCCCCC/C=C\C/C=C\C/C=C\C/C=C\C/C=C\C/C=C\CC. The van der Waals surface area contributed by atoms with Crippen molar-refractivity contribution in [2.75, 3.05) is 13.2 Å². The van der Waals surface area contributed by atoms with Crippen LogP contribution in [0.1, 0.15) is 258 Å². The summed E-state index contributed by atoms with van der Waals surface area (Å²) in [5.74, 6) is -0.994. The number of carbonyl (C=O) groups excluding carboxylic acids is 3. The lowest BCUT2D eigenvalue weighted by Gasteiger charge is -2.18. The second-order valence-electron chi connectivity index (χ2n) is 20.5. The molecule has 6 heteroatoms. The van der Waals surface area contributed by atoms with Crippen LogP contribution in [0, 0.1) is 0 Å². The van der Waals surface area contributed by atoms with E-state index in [1.165, 1.54) is 57.8 Å². The predicted molar refractivity (Wildman–Crippen MR) is 348 cm³/mol. The predicted octanol–water partition coefficient (Wildman–Crippen LogP) is 22.3. The lowest BCUT2D eigenvalue weighted by atomic mass is 10.1. The first-order chi connectivity index (χ1) is 39.5. The molecule has 1 unspecified atom stereocenters. The molecule has 0 aromatic carbocycles. The van der Waals surface area contributed by atoms with Crippen molar-refractivity contribution >= 4 is 17.9 Å². The van der Waals surface area contributed by atoms with Gasteiger partial charge in [0.1, 0.15) is 13.2 Å². The highest BCUT2D eigenvalue weighted by molar-refractivity contribution is 5.71. The maximum absolute atomic E-state index is 12.9. The van der Waals surface area contributed by atoms with Gasteiger partial charge in [-0.25, -0.2) is 0 Å². The van der Waals surface area contributed by atoms with Crippen LogP contribution in [0.15, 0.2) is 170 Å². The van der Waals surface area contributed by atoms with Gasteiger partial charge in [0, 0.05) is 19.3 Å². The first-order valence-electron chi connectivity index (χ1n) is 32.1. The van der Waals surface area contributed by atoms with E-state index in [9.17, 15) is 14.4 Å². The fraction of sp³-hybridized carbons (Fsp3) is 0.581. The topological polar surface area (TPSA) is 78.9 Å². The van der Waals surface area contributed by atoms with E-state index in [1.54, 1.807) is 0 Å². The molecule has 80 heavy (non-hydrogen) atoms. The molecule has 0 aliphatic heterocycles. The lowest BCUT2D eigenvalue weighted by molar-refractivity contribution is -0.167. The molecule has 0 amide bonds. The van der Waals surface area contributed by atoms with E-state index >= 15 is 0 Å². The zero-order valence-corrected chi connectivity index (χ0v) is 51.3. The molecule has 0 radical (unpaired) electrons. The van der Waals surface area contributed by atoms with E-state index in [0.29, 0.717) is 19.3 Å². The van der Waals surface area contributed by atoms with Crippen LogP contribution in [0.25, 0.3) is 0 Å². The number of ether oxygens (including phenoxy) is 3. The minimum Gasteiger partial charge on any atom is -0.462 e. The molecule has 0 saturated carbocycles. The molecular formula is C74H116O6. The third kappa shape index (κ3) is 63.6. The monoisotopic (exact) mass is 1100 g/mol. The molecule has 0 aromatic heterocycles. The summed E-state index contributed by atoms with van der Waals surface area (Å²) in [4.78, 5) is 38.2. The van der Waals surface area contributed by atoms with Crippen LogP contribution in [0.3, 0.4) is 0 Å². The Hall–Kier alpha value is -5.23. The van der Waals surface area contributed by atoms with Gasteiger partial charge in [0.15, 0.2) is 6.10 Å². The highest BCUT2D eigenvalue weighted by atomic mass is 16.6. The number of rotatable bonds is 56. The normalized spacial score (nSPS) is 13.3. The van der Waals surface area contributed by atoms with Gasteiger partial charge < -0.3 is 14.2 Å². The van der Waals surface area contributed by atoms with E-state index in [1.807, 2.05) is 0 Å². The molecule has 0 N–H and O–H groups in total. The second kappa shape index (κ2) is 66.3. The van der Waals surface area contributed by atoms with Gasteiger partial charge in [-0.1, -0.05) is 268 Å². The number of esters is 3. The van der Waals surface area contributed by atoms with Gasteiger partial charge >= 0.3 is 17.9 Å². The molecule has 0 bridgehead atoms. The summed E-state index contributed by atoms with van der Waals surface area (Å²) >= 11 is 0. The van der Waals surface area contributed by atoms with Crippen LogP contribution in [-0.4, -0.2) is 37.2 Å². The van der Waals surface area contributed by atoms with Crippen molar-refractivity contribution in [1.29, 1.82) is 0 Å². The molecule has 0 fully saturated rings. The average Bonchev–Trinajstić information content (AvgIpc) is 3.46. The highest BCUT2D eigenvalue weighted by Gasteiger charge is 2.19. The van der Waals surface area contributed by atoms with Crippen molar-refractivity contribution in [3.05, 3.63) is 170 Å². The fourth-order valence-electron chi connectivity index (χ4n) is 8.20. The molecule has 1 atom stereocenters. The second-order valence-corrected chi connectivity index (χ2v) is 20.5. The molecular weight excluding hydrogens is 985 g/mol. The summed E-state index contributed by atoms with van der Waals surface area (Å²) in [5.41, 5.74) is 0. The summed E-state index contributed by atoms with van der Waals surface area (Å²) in [7, 11) is 0. The van der Waals surface area contributed by atoms with Crippen molar-refractivity contribution in [3.63, 3.8) is 0 Å². The van der Waals surface area contributed by atoms with E-state index in [2.05, 4.69) is 191 Å². The molecule has 0 aliphatic carbocycles. The van der Waals surface area contributed by atoms with Crippen LogP contribution in [0.5, 0.6) is 0 Å². The summed E-state index contributed by atoms with van der Waals surface area (Å²) in [6.45, 7) is 6.28. The van der Waals surface area contributed by atoms with Crippen molar-refractivity contribution < 1.29 is 28.6 Å². The summed E-state index contributed by atoms with van der Waals surface area (Å²) in [6, 6.07) is 0. The zero-order chi connectivity index (χ0) is 57.8. The van der Waals surface area contributed by atoms with Crippen LogP contribution in [-0.2, 0) is 28.6 Å². The first-order valence-corrected chi connectivity index (χ1v) is 32.1. The zero-order valence-electron chi connectivity index (χ0n) is 51.3. The van der Waals surface area contributed by atoms with E-state index < -0.39 is 6.10 Å². The maximum atomic E-state index is 12.9. The van der Waals surface area contributed by atoms with Crippen LogP contribution < -0.4 is 0 Å². The quantitative estimate of drug-likeness (QED) is 0.0261. The molecule has 0 aliphatic rings. The van der Waals surface area contributed by atoms with Gasteiger partial charge in [-0.05, 0) is 141 Å². The number of unbranched alkanes of at least 4 members (excludes halogenated alkanes) is 17. The Bertz CT molecular complexity index is 1840. The molecule has 448 valence electrons. The molecule has 0 heterocycles. The van der Waals surface area contributed by atoms with E-state index in [-0.39, 0.29) is 37.5 Å². The van der Waals surface area contributed by atoms with Gasteiger partial charge in [0.05, 0.1) is 0 Å². The third-order valence-corrected chi connectivity index (χ3v) is 12.9. The number of hydrogen-bond donors (Lipinski definition) is 0. The van der Waals surface area contributed by atoms with Gasteiger partial charge in [-0.3, -0.25) is 14.4 Å². The van der Waals surface area contributed by atoms with Gasteiger partial charge in [0.25, 0.3) is 0 Å². The summed E-state index contributed by atoms with van der Waals surface area (Å²) in [5, 5.41) is 0. The Kier molecular flexibility index (Phi) is 61.9. The Labute approximate surface area is 492 Å². The Morgan fingerprint density at radius 1 is 0.263 bits per heavy atom. The number of carbonyl (C=O) groups is 3. The Morgan fingerprint density at radius 3 is 0.812 bits per heavy atom. The standard InChI is InChI=1S/C74H116O6/c1-4-7-10-13-16-19-22-24-26-28-30-32-34-35-36-37-38-39-41-42-44-46-48-50-52-55-58-61-64-67-73(76)79-70-71(69-78-72(75)66-63-60-57-54-21-18-15-12-9-6-3)80-74(77)68-65-62-59-56-53-51-49-47-45-43-40-33-31-29-27-25-23-20-17-14-11-8-5-2/h7-8,10-12,15-17,19-20,24-27,30-33,35-36,38-39,43,45,49,51,56,59,71H,4-6,9,13-14,18,21-23,28-29,34,37,40-42,44,46-48,50,52-55,57-58,60-70H2,1-3H3/b10-7-,11-8-,15-12-,19-16-,20-17-,26-24-,27-25-,32-30-,33-31-,36-35-,39-38-,45-43-,51-49-,59-56-. The van der Waals surface area contributed by atoms with Crippen LogP contribution in [0.2, 0.25) is 0 Å². The van der Waals surface area contributed by atoms with Gasteiger partial charge in [-0.2, -0.15) is 0 Å². The van der Waals surface area contributed by atoms with E-state index in [0.717, 1.165) is 154 Å². The summed E-state index contributed by atoms with van der Waals surface area (Å²) < 4.78 is 16.8. The molecule has 0 spiro atoms. The minimum absolute atomic E-state index is 0.113. The molecule has 6 nitrogen and oxygen atoms in total. The Morgan fingerprint density at radius 2 is 0.500 bits per heavy atom. The minimum atomic E-state index is -0.823. The van der Waals surface area contributed by atoms with Crippen LogP contribution in [0.4, 0.5) is 0 Å². The Balaban J connectivity index is 4.37. The highest BCUT2D eigenvalue weighted by Crippen LogP contribution is 2.14. The van der Waals surface area contributed by atoms with Crippen molar-refractivity contribution in [2.45, 2.75) is 264 Å². The smallest absolute Gasteiger partial charge is 0.306 e. The molecule has 0 saturated heterocycles. The van der Waals surface area contributed by atoms with Crippen LogP contribution >= 0.6 is 0 Å². The number of allylic oxidation sites excluding steroid dienone is 28. The average molecular weight is 1100 g/mol. The third-order valence-electron chi connectivity index (χ3n) is 12.9. The van der Waals surface area contributed by atoms with Crippen molar-refractivity contribution in [3.8, 4) is 0 Å². The molecule has 0 aromatic rings. The first kappa shape index (κ1) is 74.8. The van der Waals surface area contributed by atoms with Crippen molar-refractivity contribution in [1.82, 2.24) is 0 Å². The fourth-order valence-corrected chi connectivity index (χ4v) is 8.20. The van der Waals surface area contributed by atoms with Gasteiger partial charge in [-0.15, -0.1) is 0 Å². The molecule has 0 rings (SSSR count). The van der Waals surface area contributed by atoms with E-state index in [4.69, 9.17) is 14.2 Å². The maximum Gasteiger partial charge on any atom is 0.306 e. The summed E-state index contributed by atoms with van der Waals surface area (Å²) in [6.07, 6.45) is 98.0.